The number of nitrogens with one attached hydrogen (secondary N) is 1. The Morgan fingerprint density at radius 3 is 2.33 bits per heavy atom. The lowest BCUT2D eigenvalue weighted by Gasteiger charge is -2.48. The summed E-state index contributed by atoms with van der Waals surface area (Å²) in [5.41, 5.74) is 0.954. The molecule has 1 saturated heterocycles. The number of ketones is 1. The smallest absolute Gasteiger partial charge is 0.409 e. The van der Waals surface area contributed by atoms with Crippen LogP contribution in [0.4, 0.5) is 10.5 Å². The van der Waals surface area contributed by atoms with Gasteiger partial charge in [0.2, 0.25) is 0 Å². The zero-order valence-corrected chi connectivity index (χ0v) is 12.6. The summed E-state index contributed by atoms with van der Waals surface area (Å²) in [6, 6.07) is 8.00. The number of carbonyl (C=O) groups is 2. The van der Waals surface area contributed by atoms with Crippen molar-refractivity contribution < 1.29 is 14.7 Å². The second-order valence-electron chi connectivity index (χ2n) is 5.36. The van der Waals surface area contributed by atoms with Crippen LogP contribution in [0.15, 0.2) is 24.3 Å². The summed E-state index contributed by atoms with van der Waals surface area (Å²) in [6.07, 6.45) is -1.08. The first kappa shape index (κ1) is 15.3. The van der Waals surface area contributed by atoms with Crippen molar-refractivity contribution in [2.24, 2.45) is 0 Å². The number of Topliss-reactive ketones (excluding diaryl/α,β-unsaturated/α-hetero) is 1. The number of rotatable bonds is 3. The molecule has 0 bridgehead atoms. The predicted molar refractivity (Wildman–Crippen MR) is 80.6 cm³/mol. The van der Waals surface area contributed by atoms with Crippen LogP contribution in [0.3, 0.4) is 0 Å². The van der Waals surface area contributed by atoms with Crippen LogP contribution in [-0.4, -0.2) is 54.2 Å². The molecule has 6 nitrogen and oxygen atoms in total. The normalized spacial score (nSPS) is 22.2. The average molecular weight is 291 g/mol. The fourth-order valence-corrected chi connectivity index (χ4v) is 2.78. The van der Waals surface area contributed by atoms with E-state index < -0.39 is 11.8 Å². The van der Waals surface area contributed by atoms with E-state index in [0.717, 1.165) is 11.3 Å². The van der Waals surface area contributed by atoms with E-state index >= 15 is 0 Å². The van der Waals surface area contributed by atoms with E-state index in [1.165, 1.54) is 11.8 Å². The molecule has 1 amide bonds. The number of likely N-dealkylation sites (N-methyl/N-ethyl adjacent to an activating group) is 1. The van der Waals surface area contributed by atoms with Crippen molar-refractivity contribution in [1.29, 1.82) is 0 Å². The predicted octanol–water partition coefficient (Wildman–Crippen LogP) is 1.30. The Labute approximate surface area is 124 Å². The van der Waals surface area contributed by atoms with E-state index in [-0.39, 0.29) is 12.3 Å². The lowest BCUT2D eigenvalue weighted by molar-refractivity contribution is -0.130. The van der Waals surface area contributed by atoms with Crippen LogP contribution in [0, 0.1) is 6.92 Å². The molecule has 1 unspecified atom stereocenters. The van der Waals surface area contributed by atoms with Gasteiger partial charge in [0.05, 0.1) is 6.54 Å². The molecule has 1 aliphatic heterocycles. The summed E-state index contributed by atoms with van der Waals surface area (Å²) >= 11 is 0. The third-order valence-electron chi connectivity index (χ3n) is 4.10. The summed E-state index contributed by atoms with van der Waals surface area (Å²) in [6.45, 7) is 4.58. The van der Waals surface area contributed by atoms with Crippen LogP contribution >= 0.6 is 0 Å². The minimum atomic E-state index is -1.20. The maximum Gasteiger partial charge on any atom is 0.409 e. The topological polar surface area (TPSA) is 72.9 Å². The van der Waals surface area contributed by atoms with Gasteiger partial charge in [-0.15, -0.1) is 0 Å². The number of carboxylic acid groups (broad SMARTS) is 1. The van der Waals surface area contributed by atoms with Crippen molar-refractivity contribution in [2.45, 2.75) is 19.5 Å². The zero-order valence-electron chi connectivity index (χ0n) is 12.6. The summed E-state index contributed by atoms with van der Waals surface area (Å²) in [4.78, 5) is 26.8. The molecular formula is C15H21N3O3. The first-order valence-corrected chi connectivity index (χ1v) is 6.93. The second-order valence-corrected chi connectivity index (χ2v) is 5.36. The Morgan fingerprint density at radius 2 is 1.86 bits per heavy atom. The van der Waals surface area contributed by atoms with E-state index in [0.29, 0.717) is 13.1 Å². The Balaban J connectivity index is 2.33. The fourth-order valence-electron chi connectivity index (χ4n) is 2.78. The monoisotopic (exact) mass is 291 g/mol. The molecule has 0 aromatic heterocycles. The van der Waals surface area contributed by atoms with Crippen LogP contribution in [-0.2, 0) is 4.79 Å². The molecule has 0 radical (unpaired) electrons. The molecule has 1 aromatic rings. The maximum atomic E-state index is 12.1. The van der Waals surface area contributed by atoms with Crippen LogP contribution < -0.4 is 10.2 Å². The van der Waals surface area contributed by atoms with Crippen LogP contribution in [0.5, 0.6) is 0 Å². The number of nitrogens with zero attached hydrogens (tertiary/aromatic N) is 2. The highest BCUT2D eigenvalue weighted by Gasteiger charge is 2.47. The first-order valence-electron chi connectivity index (χ1n) is 6.93. The molecule has 0 spiro atoms. The third kappa shape index (κ3) is 2.71. The summed E-state index contributed by atoms with van der Waals surface area (Å²) in [5, 5.41) is 12.3. The quantitative estimate of drug-likeness (QED) is 0.878. The van der Waals surface area contributed by atoms with Gasteiger partial charge >= 0.3 is 6.09 Å². The van der Waals surface area contributed by atoms with Crippen molar-refractivity contribution in [3.63, 3.8) is 0 Å². The van der Waals surface area contributed by atoms with Gasteiger partial charge in [-0.2, -0.15) is 0 Å². The lowest BCUT2D eigenvalue weighted by atomic mass is 9.99. The van der Waals surface area contributed by atoms with E-state index in [1.54, 1.807) is 7.05 Å². The molecule has 0 aliphatic carbocycles. The van der Waals surface area contributed by atoms with Gasteiger partial charge in [0.25, 0.3) is 0 Å². The van der Waals surface area contributed by atoms with Gasteiger partial charge in [0.15, 0.2) is 11.4 Å². The van der Waals surface area contributed by atoms with Gasteiger partial charge in [-0.25, -0.2) is 4.79 Å². The van der Waals surface area contributed by atoms with Crippen LogP contribution in [0.1, 0.15) is 12.5 Å². The number of hydrogen-bond donors (Lipinski definition) is 2. The number of aryl methyl sites for hydroxylation is 1. The molecule has 1 aliphatic rings. The molecule has 114 valence electrons. The molecule has 1 aromatic carbocycles. The van der Waals surface area contributed by atoms with Crippen molar-refractivity contribution in [1.82, 2.24) is 10.2 Å². The Kier molecular flexibility index (Phi) is 4.18. The fraction of sp³-hybridized carbons (Fsp3) is 0.467. The number of carbonyl (C=O) groups excluding carboxylic acids is 1. The SMILES string of the molecule is CNC1(C(C)=O)CN(c2ccc(C)cc2)CCN1C(=O)O. The number of hydrogen-bond acceptors (Lipinski definition) is 4. The van der Waals surface area contributed by atoms with Crippen molar-refractivity contribution >= 4 is 17.6 Å². The maximum absolute atomic E-state index is 12.1. The van der Waals surface area contributed by atoms with Crippen molar-refractivity contribution in [2.75, 3.05) is 31.6 Å². The van der Waals surface area contributed by atoms with Gasteiger partial charge in [-0.3, -0.25) is 15.0 Å². The van der Waals surface area contributed by atoms with Crippen LogP contribution in [0.25, 0.3) is 0 Å². The Bertz CT molecular complexity index is 544. The minimum Gasteiger partial charge on any atom is -0.465 e. The van der Waals surface area contributed by atoms with Crippen molar-refractivity contribution in [3.8, 4) is 0 Å². The van der Waals surface area contributed by atoms with Gasteiger partial charge in [0.1, 0.15) is 0 Å². The highest BCUT2D eigenvalue weighted by Crippen LogP contribution is 2.25. The van der Waals surface area contributed by atoms with Gasteiger partial charge < -0.3 is 10.0 Å². The average Bonchev–Trinajstić information content (AvgIpc) is 2.46. The minimum absolute atomic E-state index is 0.204. The largest absolute Gasteiger partial charge is 0.465 e. The lowest BCUT2D eigenvalue weighted by Crippen LogP contribution is -2.73. The number of benzene rings is 1. The Hall–Kier alpha value is -2.08. The molecule has 6 heteroatoms. The zero-order chi connectivity index (χ0) is 15.6. The second kappa shape index (κ2) is 5.73. The van der Waals surface area contributed by atoms with E-state index in [9.17, 15) is 14.7 Å². The van der Waals surface area contributed by atoms with Crippen LogP contribution in [0.2, 0.25) is 0 Å². The standard InChI is InChI=1S/C15H21N3O3/c1-11-4-6-13(7-5-11)17-8-9-18(14(20)21)15(10-17,16-3)12(2)19/h4-7,16H,8-10H2,1-3H3,(H,20,21). The molecule has 2 rings (SSSR count). The van der Waals surface area contributed by atoms with E-state index in [2.05, 4.69) is 5.32 Å². The van der Waals surface area contributed by atoms with E-state index in [1.807, 2.05) is 36.1 Å². The van der Waals surface area contributed by atoms with Gasteiger partial charge in [-0.1, -0.05) is 17.7 Å². The molecule has 21 heavy (non-hydrogen) atoms. The molecule has 1 heterocycles. The van der Waals surface area contributed by atoms with Gasteiger partial charge in [-0.05, 0) is 33.0 Å². The Morgan fingerprint density at radius 1 is 1.24 bits per heavy atom. The third-order valence-corrected chi connectivity index (χ3v) is 4.10. The highest BCUT2D eigenvalue weighted by atomic mass is 16.4. The number of anilines is 1. The van der Waals surface area contributed by atoms with Crippen molar-refractivity contribution in [3.05, 3.63) is 29.8 Å². The number of amides is 1. The highest BCUT2D eigenvalue weighted by molar-refractivity contribution is 5.90. The number of piperazine rings is 1. The summed E-state index contributed by atoms with van der Waals surface area (Å²) in [5.74, 6) is -0.204. The summed E-state index contributed by atoms with van der Waals surface area (Å²) in [7, 11) is 1.62. The molecule has 2 N–H and O–H groups in total. The molecule has 0 saturated carbocycles. The molecule has 1 atom stereocenters. The van der Waals surface area contributed by atoms with Gasteiger partial charge in [0, 0.05) is 18.8 Å². The molecule has 1 fully saturated rings. The first-order chi connectivity index (χ1) is 9.90. The van der Waals surface area contributed by atoms with E-state index in [4.69, 9.17) is 0 Å². The summed E-state index contributed by atoms with van der Waals surface area (Å²) < 4.78 is 0. The molecular weight excluding hydrogens is 270 g/mol.